The van der Waals surface area contributed by atoms with Gasteiger partial charge in [-0.25, -0.2) is 4.79 Å². The number of ether oxygens (including phenoxy) is 6. The van der Waals surface area contributed by atoms with Gasteiger partial charge < -0.3 is 28.4 Å². The van der Waals surface area contributed by atoms with E-state index in [9.17, 15) is 29.8 Å². The number of benzene rings is 3. The lowest BCUT2D eigenvalue weighted by Gasteiger charge is -2.38. The fourth-order valence-electron chi connectivity index (χ4n) is 6.41. The number of nitro groups is 2. The molecule has 1 amide bonds. The zero-order valence-electron chi connectivity index (χ0n) is 27.0. The van der Waals surface area contributed by atoms with Crippen LogP contribution in [0.3, 0.4) is 0 Å². The summed E-state index contributed by atoms with van der Waals surface area (Å²) in [5.74, 6) is 1.58. The van der Waals surface area contributed by atoms with Crippen LogP contribution in [0.4, 0.5) is 11.4 Å². The molecule has 17 heteroatoms. The smallest absolute Gasteiger partial charge is 0.343 e. The SMILES string of the molecule is CC1=NN(c2ccc([N+](=O)[O-])cc2)C(=O)C1[N+](=O)[O-].COc1ccc2c(c1OC)C(=O)O[C@@H]2[C@H]1c2c(cc3c(c2OC)OCO3)CCN1C. The van der Waals surface area contributed by atoms with E-state index < -0.39 is 33.9 Å². The van der Waals surface area contributed by atoms with Crippen molar-refractivity contribution in [2.45, 2.75) is 31.5 Å². The predicted molar refractivity (Wildman–Crippen MR) is 170 cm³/mol. The molecule has 3 atom stereocenters. The minimum absolute atomic E-state index is 0.0772. The van der Waals surface area contributed by atoms with Crippen LogP contribution in [0, 0.1) is 20.2 Å². The first-order chi connectivity index (χ1) is 23.5. The number of hydrogen-bond acceptors (Lipinski definition) is 14. The lowest BCUT2D eigenvalue weighted by molar-refractivity contribution is -0.488. The molecule has 0 bridgehead atoms. The number of esters is 1. The molecule has 49 heavy (non-hydrogen) atoms. The highest BCUT2D eigenvalue weighted by molar-refractivity contribution is 6.17. The minimum atomic E-state index is -1.49. The summed E-state index contributed by atoms with van der Waals surface area (Å²) in [6, 6.07) is 8.97. The summed E-state index contributed by atoms with van der Waals surface area (Å²) in [6.45, 7) is 2.35. The van der Waals surface area contributed by atoms with Crippen molar-refractivity contribution in [3.8, 4) is 28.7 Å². The van der Waals surface area contributed by atoms with Crippen LogP contribution in [-0.2, 0) is 16.0 Å². The van der Waals surface area contributed by atoms with Gasteiger partial charge in [-0.2, -0.15) is 10.1 Å². The second-order valence-corrected chi connectivity index (χ2v) is 11.3. The normalized spacial score (nSPS) is 20.4. The zero-order valence-corrected chi connectivity index (χ0v) is 27.0. The number of cyclic esters (lactones) is 1. The maximum atomic E-state index is 12.9. The lowest BCUT2D eigenvalue weighted by atomic mass is 9.85. The Morgan fingerprint density at radius 3 is 2.29 bits per heavy atom. The Morgan fingerprint density at radius 2 is 1.67 bits per heavy atom. The number of non-ortho nitro benzene ring substituents is 1. The van der Waals surface area contributed by atoms with Gasteiger partial charge in [0.25, 0.3) is 5.69 Å². The average Bonchev–Trinajstić information content (AvgIpc) is 3.78. The van der Waals surface area contributed by atoms with E-state index in [1.807, 2.05) is 19.2 Å². The summed E-state index contributed by atoms with van der Waals surface area (Å²) in [6.07, 6.45) is 0.306. The Hall–Kier alpha value is -5.97. The van der Waals surface area contributed by atoms with Gasteiger partial charge in [0.2, 0.25) is 12.5 Å². The topological polar surface area (TPSA) is 195 Å². The maximum Gasteiger partial charge on any atom is 0.343 e. The number of hydrazone groups is 1. The van der Waals surface area contributed by atoms with Crippen LogP contribution >= 0.6 is 0 Å². The number of anilines is 1. The van der Waals surface area contributed by atoms with Crippen molar-refractivity contribution in [3.05, 3.63) is 84.9 Å². The summed E-state index contributed by atoms with van der Waals surface area (Å²) in [5.41, 5.74) is 3.42. The number of rotatable bonds is 7. The number of hydrogen-bond donors (Lipinski definition) is 0. The first-order valence-electron chi connectivity index (χ1n) is 14.9. The Bertz CT molecular complexity index is 1900. The van der Waals surface area contributed by atoms with Crippen LogP contribution in [0.1, 0.15) is 46.1 Å². The summed E-state index contributed by atoms with van der Waals surface area (Å²) >= 11 is 0. The molecular formula is C32H31N5O12. The number of amides is 1. The average molecular weight is 678 g/mol. The molecule has 3 aromatic carbocycles. The standard InChI is InChI=1S/C22H23NO7.C10H8N4O5/c1-23-8-7-11-9-14-20(29-10-28-14)21(27-4)15(11)17(23)18-12-5-6-13(25-2)19(26-3)16(12)22(24)30-18;1-6-9(14(18)19)10(15)12(11-6)7-2-4-8(5-3-7)13(16)17/h5-6,9,17-18H,7-8,10H2,1-4H3;2-5,9H,1H3/t17-,18+;/m1./s1. The van der Waals surface area contributed by atoms with Crippen molar-refractivity contribution in [1.82, 2.24) is 4.90 Å². The molecule has 0 aliphatic carbocycles. The molecule has 3 aromatic rings. The molecule has 17 nitrogen and oxygen atoms in total. The van der Waals surface area contributed by atoms with Crippen molar-refractivity contribution < 1.29 is 47.9 Å². The second-order valence-electron chi connectivity index (χ2n) is 11.3. The zero-order chi connectivity index (χ0) is 35.1. The number of nitro benzene ring substituents is 1. The molecule has 0 aromatic heterocycles. The van der Waals surface area contributed by atoms with E-state index >= 15 is 0 Å². The third kappa shape index (κ3) is 5.56. The molecule has 1 unspecified atom stereocenters. The Balaban J connectivity index is 0.000000189. The van der Waals surface area contributed by atoms with Crippen LogP contribution in [0.5, 0.6) is 28.7 Å². The number of carbonyl (C=O) groups is 2. The summed E-state index contributed by atoms with van der Waals surface area (Å²) in [4.78, 5) is 46.8. The molecule has 7 rings (SSSR count). The van der Waals surface area contributed by atoms with E-state index in [0.29, 0.717) is 34.3 Å². The monoisotopic (exact) mass is 677 g/mol. The van der Waals surface area contributed by atoms with Gasteiger partial charge in [-0.3, -0.25) is 29.9 Å². The van der Waals surface area contributed by atoms with Crippen molar-refractivity contribution in [2.75, 3.05) is 46.7 Å². The molecule has 0 N–H and O–H groups in total. The van der Waals surface area contributed by atoms with E-state index in [0.717, 1.165) is 34.7 Å². The molecule has 4 aliphatic rings. The summed E-state index contributed by atoms with van der Waals surface area (Å²) in [7, 11) is 6.70. The lowest BCUT2D eigenvalue weighted by Crippen LogP contribution is -2.37. The van der Waals surface area contributed by atoms with Crippen LogP contribution in [0.2, 0.25) is 0 Å². The van der Waals surface area contributed by atoms with E-state index in [1.54, 1.807) is 20.3 Å². The van der Waals surface area contributed by atoms with Gasteiger partial charge >= 0.3 is 17.9 Å². The first kappa shape index (κ1) is 33.0. The van der Waals surface area contributed by atoms with E-state index in [1.165, 1.54) is 38.3 Å². The van der Waals surface area contributed by atoms with E-state index in [-0.39, 0.29) is 29.9 Å². The number of nitrogens with zero attached hydrogens (tertiary/aromatic N) is 5. The quantitative estimate of drug-likeness (QED) is 0.199. The number of fused-ring (bicyclic) bond motifs is 3. The number of carbonyl (C=O) groups excluding carboxylic acids is 2. The number of likely N-dealkylation sites (N-methyl/N-ethyl adjacent to an activating group) is 1. The predicted octanol–water partition coefficient (Wildman–Crippen LogP) is 3.84. The molecule has 0 saturated heterocycles. The first-order valence-corrected chi connectivity index (χ1v) is 14.9. The van der Waals surface area contributed by atoms with Crippen LogP contribution in [-0.4, -0.2) is 80.1 Å². The third-order valence-corrected chi connectivity index (χ3v) is 8.67. The summed E-state index contributed by atoms with van der Waals surface area (Å²) < 4.78 is 33.8. The van der Waals surface area contributed by atoms with E-state index in [4.69, 9.17) is 28.4 Å². The molecule has 0 fully saturated rings. The van der Waals surface area contributed by atoms with Gasteiger partial charge in [0.1, 0.15) is 17.4 Å². The third-order valence-electron chi connectivity index (χ3n) is 8.67. The second kappa shape index (κ2) is 12.9. The van der Waals surface area contributed by atoms with Crippen molar-refractivity contribution in [3.63, 3.8) is 0 Å². The number of methoxy groups -OCH3 is 3. The molecule has 256 valence electrons. The highest BCUT2D eigenvalue weighted by Crippen LogP contribution is 2.55. The van der Waals surface area contributed by atoms with Crippen LogP contribution in [0.15, 0.2) is 47.6 Å². The van der Waals surface area contributed by atoms with Gasteiger partial charge in [-0.15, -0.1) is 0 Å². The minimum Gasteiger partial charge on any atom is -0.493 e. The summed E-state index contributed by atoms with van der Waals surface area (Å²) in [5, 5.41) is 25.9. The highest BCUT2D eigenvalue weighted by atomic mass is 16.7. The molecule has 0 radical (unpaired) electrons. The van der Waals surface area contributed by atoms with Crippen molar-refractivity contribution >= 4 is 29.0 Å². The van der Waals surface area contributed by atoms with Crippen LogP contribution < -0.4 is 28.7 Å². The van der Waals surface area contributed by atoms with Crippen LogP contribution in [0.25, 0.3) is 0 Å². The van der Waals surface area contributed by atoms with Gasteiger partial charge in [-0.05, 0) is 50.2 Å². The Labute approximate surface area is 278 Å². The highest BCUT2D eigenvalue weighted by Gasteiger charge is 2.46. The fourth-order valence-corrected chi connectivity index (χ4v) is 6.41. The molecule has 0 saturated carbocycles. The van der Waals surface area contributed by atoms with Crippen molar-refractivity contribution in [2.24, 2.45) is 5.10 Å². The van der Waals surface area contributed by atoms with E-state index in [2.05, 4.69) is 10.0 Å². The van der Waals surface area contributed by atoms with Gasteiger partial charge in [0, 0.05) is 34.7 Å². The molecule has 4 aliphatic heterocycles. The molecule has 4 heterocycles. The van der Waals surface area contributed by atoms with Crippen molar-refractivity contribution in [1.29, 1.82) is 0 Å². The van der Waals surface area contributed by atoms with Gasteiger partial charge in [0.15, 0.2) is 23.0 Å². The van der Waals surface area contributed by atoms with Gasteiger partial charge in [0.05, 0.1) is 38.0 Å². The Kier molecular flexibility index (Phi) is 8.68. The Morgan fingerprint density at radius 1 is 0.959 bits per heavy atom. The largest absolute Gasteiger partial charge is 0.493 e. The molecule has 0 spiro atoms. The van der Waals surface area contributed by atoms with Gasteiger partial charge in [-0.1, -0.05) is 6.07 Å². The molecular weight excluding hydrogens is 646 g/mol. The maximum absolute atomic E-state index is 12.9. The fraction of sp³-hybridized carbons (Fsp3) is 0.344.